The van der Waals surface area contributed by atoms with Crippen LogP contribution in [0.15, 0.2) is 18.2 Å². The van der Waals surface area contributed by atoms with Crippen LogP contribution in [0.1, 0.15) is 24.9 Å². The molecule has 4 nitrogen and oxygen atoms in total. The summed E-state index contributed by atoms with van der Waals surface area (Å²) in [5.41, 5.74) is 0.562. The first kappa shape index (κ1) is 15.9. The SMILES string of the molecule is CC(c1ccc(F)c(F)c1)N(C)C(=O)CC1CNCCO1. The van der Waals surface area contributed by atoms with Crippen LogP contribution < -0.4 is 5.32 Å². The largest absolute Gasteiger partial charge is 0.375 e. The molecule has 21 heavy (non-hydrogen) atoms. The summed E-state index contributed by atoms with van der Waals surface area (Å²) in [6.45, 7) is 3.83. The smallest absolute Gasteiger partial charge is 0.225 e. The summed E-state index contributed by atoms with van der Waals surface area (Å²) in [7, 11) is 1.66. The van der Waals surface area contributed by atoms with Gasteiger partial charge in [0.15, 0.2) is 11.6 Å². The van der Waals surface area contributed by atoms with Crippen LogP contribution in [-0.4, -0.2) is 43.7 Å². The number of carbonyl (C=O) groups excluding carboxylic acids is 1. The minimum Gasteiger partial charge on any atom is -0.375 e. The molecular weight excluding hydrogens is 278 g/mol. The molecule has 0 spiro atoms. The highest BCUT2D eigenvalue weighted by Gasteiger charge is 2.23. The van der Waals surface area contributed by atoms with E-state index >= 15 is 0 Å². The molecule has 1 fully saturated rings. The Labute approximate surface area is 123 Å². The monoisotopic (exact) mass is 298 g/mol. The Balaban J connectivity index is 1.98. The maximum Gasteiger partial charge on any atom is 0.225 e. The van der Waals surface area contributed by atoms with E-state index in [1.807, 2.05) is 0 Å². The van der Waals surface area contributed by atoms with Gasteiger partial charge in [0.05, 0.1) is 25.2 Å². The molecule has 2 unspecified atom stereocenters. The molecule has 2 rings (SSSR count). The number of hydrogen-bond donors (Lipinski definition) is 1. The maximum absolute atomic E-state index is 13.3. The molecule has 1 N–H and O–H groups in total. The third-order valence-corrected chi connectivity index (χ3v) is 3.81. The van der Waals surface area contributed by atoms with Crippen molar-refractivity contribution in [2.45, 2.75) is 25.5 Å². The number of halogens is 2. The fourth-order valence-corrected chi connectivity index (χ4v) is 2.30. The first-order valence-corrected chi connectivity index (χ1v) is 7.02. The van der Waals surface area contributed by atoms with Gasteiger partial charge in [0.2, 0.25) is 5.91 Å². The third kappa shape index (κ3) is 3.98. The van der Waals surface area contributed by atoms with Gasteiger partial charge < -0.3 is 15.0 Å². The number of amides is 1. The van der Waals surface area contributed by atoms with Crippen molar-refractivity contribution in [1.82, 2.24) is 10.2 Å². The van der Waals surface area contributed by atoms with E-state index in [1.54, 1.807) is 14.0 Å². The summed E-state index contributed by atoms with van der Waals surface area (Å²) >= 11 is 0. The van der Waals surface area contributed by atoms with Crippen molar-refractivity contribution in [3.8, 4) is 0 Å². The van der Waals surface area contributed by atoms with Gasteiger partial charge in [-0.25, -0.2) is 8.78 Å². The summed E-state index contributed by atoms with van der Waals surface area (Å²) in [5.74, 6) is -1.87. The molecule has 1 aromatic rings. The van der Waals surface area contributed by atoms with E-state index in [9.17, 15) is 13.6 Å². The molecule has 1 amide bonds. The van der Waals surface area contributed by atoms with Crippen molar-refractivity contribution in [2.24, 2.45) is 0 Å². The van der Waals surface area contributed by atoms with Crippen molar-refractivity contribution in [3.05, 3.63) is 35.4 Å². The summed E-state index contributed by atoms with van der Waals surface area (Å²) in [4.78, 5) is 13.8. The van der Waals surface area contributed by atoms with Gasteiger partial charge in [-0.05, 0) is 24.6 Å². The number of nitrogens with one attached hydrogen (secondary N) is 1. The topological polar surface area (TPSA) is 41.6 Å². The van der Waals surface area contributed by atoms with E-state index < -0.39 is 11.6 Å². The van der Waals surface area contributed by atoms with Gasteiger partial charge in [0, 0.05) is 20.1 Å². The average molecular weight is 298 g/mol. The zero-order valence-corrected chi connectivity index (χ0v) is 12.2. The molecule has 0 bridgehead atoms. The number of carbonyl (C=O) groups is 1. The number of ether oxygens (including phenoxy) is 1. The Morgan fingerprint density at radius 2 is 2.24 bits per heavy atom. The zero-order valence-electron chi connectivity index (χ0n) is 12.2. The molecule has 1 aliphatic rings. The van der Waals surface area contributed by atoms with Crippen LogP contribution in [0.25, 0.3) is 0 Å². The third-order valence-electron chi connectivity index (χ3n) is 3.81. The normalized spacial score (nSPS) is 20.1. The fourth-order valence-electron chi connectivity index (χ4n) is 2.30. The Hall–Kier alpha value is -1.53. The molecule has 1 aromatic carbocycles. The second-order valence-electron chi connectivity index (χ2n) is 5.26. The maximum atomic E-state index is 13.3. The summed E-state index contributed by atoms with van der Waals surface area (Å²) in [5, 5.41) is 3.17. The summed E-state index contributed by atoms with van der Waals surface area (Å²) < 4.78 is 31.7. The zero-order chi connectivity index (χ0) is 15.4. The van der Waals surface area contributed by atoms with Crippen LogP contribution >= 0.6 is 0 Å². The van der Waals surface area contributed by atoms with E-state index in [2.05, 4.69) is 5.32 Å². The molecule has 0 aromatic heterocycles. The molecule has 1 aliphatic heterocycles. The van der Waals surface area contributed by atoms with Crippen LogP contribution in [-0.2, 0) is 9.53 Å². The number of hydrogen-bond acceptors (Lipinski definition) is 3. The lowest BCUT2D eigenvalue weighted by atomic mass is 10.1. The van der Waals surface area contributed by atoms with Crippen LogP contribution in [0.4, 0.5) is 8.78 Å². The van der Waals surface area contributed by atoms with Crippen LogP contribution in [0.2, 0.25) is 0 Å². The number of nitrogens with zero attached hydrogens (tertiary/aromatic N) is 1. The molecule has 116 valence electrons. The first-order valence-electron chi connectivity index (χ1n) is 7.02. The fraction of sp³-hybridized carbons (Fsp3) is 0.533. The van der Waals surface area contributed by atoms with Gasteiger partial charge >= 0.3 is 0 Å². The lowest BCUT2D eigenvalue weighted by Gasteiger charge is -2.29. The predicted octanol–water partition coefficient (Wildman–Crippen LogP) is 1.86. The van der Waals surface area contributed by atoms with Gasteiger partial charge in [-0.3, -0.25) is 4.79 Å². The van der Waals surface area contributed by atoms with Crippen LogP contribution in [0, 0.1) is 11.6 Å². The van der Waals surface area contributed by atoms with E-state index in [0.29, 0.717) is 18.7 Å². The van der Waals surface area contributed by atoms with E-state index in [-0.39, 0.29) is 24.5 Å². The molecule has 0 saturated carbocycles. The van der Waals surface area contributed by atoms with Gasteiger partial charge in [-0.1, -0.05) is 6.07 Å². The quantitative estimate of drug-likeness (QED) is 0.922. The Morgan fingerprint density at radius 1 is 1.48 bits per heavy atom. The van der Waals surface area contributed by atoms with Crippen molar-refractivity contribution in [2.75, 3.05) is 26.7 Å². The molecule has 0 aliphatic carbocycles. The van der Waals surface area contributed by atoms with E-state index in [4.69, 9.17) is 4.74 Å². The number of morpholine rings is 1. The van der Waals surface area contributed by atoms with Gasteiger partial charge in [0.1, 0.15) is 0 Å². The molecule has 1 saturated heterocycles. The van der Waals surface area contributed by atoms with Crippen molar-refractivity contribution < 1.29 is 18.3 Å². The van der Waals surface area contributed by atoms with Crippen molar-refractivity contribution >= 4 is 5.91 Å². The molecule has 6 heteroatoms. The highest BCUT2D eigenvalue weighted by Crippen LogP contribution is 2.22. The second kappa shape index (κ2) is 6.95. The Kier molecular flexibility index (Phi) is 5.25. The highest BCUT2D eigenvalue weighted by atomic mass is 19.2. The Morgan fingerprint density at radius 3 is 2.86 bits per heavy atom. The summed E-state index contributed by atoms with van der Waals surface area (Å²) in [6.07, 6.45) is 0.142. The second-order valence-corrected chi connectivity index (χ2v) is 5.26. The molecule has 1 heterocycles. The highest BCUT2D eigenvalue weighted by molar-refractivity contribution is 5.77. The minimum atomic E-state index is -0.903. The Bertz CT molecular complexity index is 504. The van der Waals surface area contributed by atoms with E-state index in [0.717, 1.165) is 18.7 Å². The molecule has 2 atom stereocenters. The van der Waals surface area contributed by atoms with E-state index in [1.165, 1.54) is 11.0 Å². The molecule has 0 radical (unpaired) electrons. The minimum absolute atomic E-state index is 0.0825. The van der Waals surface area contributed by atoms with Crippen LogP contribution in [0.3, 0.4) is 0 Å². The lowest BCUT2D eigenvalue weighted by Crippen LogP contribution is -2.42. The first-order chi connectivity index (χ1) is 9.99. The lowest BCUT2D eigenvalue weighted by molar-refractivity contribution is -0.135. The number of benzene rings is 1. The predicted molar refractivity (Wildman–Crippen MR) is 74.8 cm³/mol. The van der Waals surface area contributed by atoms with Gasteiger partial charge in [-0.2, -0.15) is 0 Å². The molecular formula is C15H20F2N2O2. The number of rotatable bonds is 4. The summed E-state index contributed by atoms with van der Waals surface area (Å²) in [6, 6.07) is 3.37. The van der Waals surface area contributed by atoms with Crippen molar-refractivity contribution in [3.63, 3.8) is 0 Å². The van der Waals surface area contributed by atoms with Crippen LogP contribution in [0.5, 0.6) is 0 Å². The standard InChI is InChI=1S/C15H20F2N2O2/c1-10(11-3-4-13(16)14(17)7-11)19(2)15(20)8-12-9-18-5-6-21-12/h3-4,7,10,12,18H,5-6,8-9H2,1-2H3. The van der Waals surface area contributed by atoms with Crippen molar-refractivity contribution in [1.29, 1.82) is 0 Å². The van der Waals surface area contributed by atoms with Gasteiger partial charge in [0.25, 0.3) is 0 Å². The van der Waals surface area contributed by atoms with Gasteiger partial charge in [-0.15, -0.1) is 0 Å². The average Bonchev–Trinajstić information content (AvgIpc) is 2.49.